The Kier molecular flexibility index (Phi) is 4.72. The molecule has 1 aliphatic rings. The summed E-state index contributed by atoms with van der Waals surface area (Å²) in [7, 11) is 0. The van der Waals surface area contributed by atoms with E-state index in [-0.39, 0.29) is 17.9 Å². The topological polar surface area (TPSA) is 90.9 Å². The van der Waals surface area contributed by atoms with Crippen LogP contribution in [0.25, 0.3) is 16.7 Å². The second kappa shape index (κ2) is 7.25. The van der Waals surface area contributed by atoms with Gasteiger partial charge in [-0.1, -0.05) is 24.3 Å². The van der Waals surface area contributed by atoms with Crippen molar-refractivity contribution in [3.8, 4) is 6.07 Å². The van der Waals surface area contributed by atoms with Crippen LogP contribution in [0.2, 0.25) is 0 Å². The molecule has 4 rings (SSSR count). The van der Waals surface area contributed by atoms with Gasteiger partial charge in [0.15, 0.2) is 0 Å². The summed E-state index contributed by atoms with van der Waals surface area (Å²) in [6, 6.07) is 11.5. The van der Waals surface area contributed by atoms with Crippen molar-refractivity contribution >= 4 is 28.6 Å². The van der Waals surface area contributed by atoms with Crippen LogP contribution in [0.3, 0.4) is 0 Å². The minimum atomic E-state index is -1.69. The number of anilines is 1. The molecule has 1 heterocycles. The number of aliphatic hydroxyl groups is 1. The number of rotatable bonds is 5. The van der Waals surface area contributed by atoms with Gasteiger partial charge in [0.1, 0.15) is 5.82 Å². The number of nitrogens with zero attached hydrogens (tertiary/aromatic N) is 3. The van der Waals surface area contributed by atoms with E-state index >= 15 is 0 Å². The average Bonchev–Trinajstić information content (AvgIpc) is 2.95. The van der Waals surface area contributed by atoms with E-state index in [9.17, 15) is 19.6 Å². The maximum Gasteiger partial charge on any atom is 0.229 e. The third-order valence-electron chi connectivity index (χ3n) is 5.12. The molecule has 0 radical (unpaired) electrons. The predicted octanol–water partition coefficient (Wildman–Crippen LogP) is 4.00. The highest BCUT2D eigenvalue weighted by Crippen LogP contribution is 2.31. The number of nitriles is 1. The van der Waals surface area contributed by atoms with Crippen molar-refractivity contribution in [1.82, 2.24) is 9.55 Å². The molecular weight excluding hydrogens is 383 g/mol. The van der Waals surface area contributed by atoms with Crippen LogP contribution >= 0.6 is 0 Å². The quantitative estimate of drug-likeness (QED) is 0.675. The smallest absolute Gasteiger partial charge is 0.229 e. The fourth-order valence-electron chi connectivity index (χ4n) is 3.50. The van der Waals surface area contributed by atoms with Crippen molar-refractivity contribution in [2.24, 2.45) is 0 Å². The molecule has 1 amide bonds. The third-order valence-corrected chi connectivity index (χ3v) is 5.12. The number of allylic oxidation sites excluding steroid dienone is 4. The molecule has 0 fully saturated rings. The number of amides is 1. The molecule has 150 valence electrons. The fourth-order valence-corrected chi connectivity index (χ4v) is 3.50. The molecule has 2 N–H and O–H groups in total. The highest BCUT2D eigenvalue weighted by molar-refractivity contribution is 5.95. The number of aromatic nitrogens is 2. The Bertz CT molecular complexity index is 1280. The van der Waals surface area contributed by atoms with E-state index in [0.29, 0.717) is 16.6 Å². The largest absolute Gasteiger partial charge is 0.385 e. The van der Waals surface area contributed by atoms with Gasteiger partial charge >= 0.3 is 0 Å². The van der Waals surface area contributed by atoms with Crippen LogP contribution in [-0.4, -0.2) is 20.6 Å². The fraction of sp³-hybridized carbons (Fsp3) is 0.174. The molecule has 0 unspecified atom stereocenters. The van der Waals surface area contributed by atoms with Crippen molar-refractivity contribution in [2.45, 2.75) is 25.9 Å². The maximum absolute atomic E-state index is 14.1. The van der Waals surface area contributed by atoms with E-state index < -0.39 is 17.3 Å². The van der Waals surface area contributed by atoms with Gasteiger partial charge in [0.2, 0.25) is 11.9 Å². The summed E-state index contributed by atoms with van der Waals surface area (Å²) in [5, 5.41) is 22.8. The van der Waals surface area contributed by atoms with Gasteiger partial charge in [0.25, 0.3) is 0 Å². The lowest BCUT2D eigenvalue weighted by molar-refractivity contribution is -0.120. The Morgan fingerprint density at radius 2 is 2.10 bits per heavy atom. The number of hydrogen-bond acceptors (Lipinski definition) is 4. The van der Waals surface area contributed by atoms with Crippen LogP contribution in [-0.2, 0) is 10.4 Å². The average molecular weight is 402 g/mol. The Morgan fingerprint density at radius 3 is 2.73 bits per heavy atom. The minimum absolute atomic E-state index is 0.0487. The summed E-state index contributed by atoms with van der Waals surface area (Å²) in [6.45, 7) is 3.22. The molecule has 1 atom stereocenters. The SMILES string of the molecule is Cc1cc2nc(NC(=O)C[C@](C)(O)c3ccccc3F)n(C3=CC=C3)c2cc1C#N. The number of aryl methyl sites for hydroxylation is 1. The lowest BCUT2D eigenvalue weighted by Gasteiger charge is -2.23. The van der Waals surface area contributed by atoms with Gasteiger partial charge in [-0.3, -0.25) is 14.7 Å². The Morgan fingerprint density at radius 1 is 1.37 bits per heavy atom. The Hall–Kier alpha value is -3.76. The van der Waals surface area contributed by atoms with Gasteiger partial charge in [-0.15, -0.1) is 0 Å². The first-order chi connectivity index (χ1) is 14.3. The number of carbonyl (C=O) groups excluding carboxylic acids is 1. The first kappa shape index (κ1) is 19.6. The van der Waals surface area contributed by atoms with Crippen molar-refractivity contribution in [3.05, 3.63) is 77.1 Å². The normalized spacial score (nSPS) is 14.6. The lowest BCUT2D eigenvalue weighted by atomic mass is 9.92. The van der Waals surface area contributed by atoms with Gasteiger partial charge < -0.3 is 5.11 Å². The van der Waals surface area contributed by atoms with E-state index in [1.165, 1.54) is 25.1 Å². The molecule has 7 heteroatoms. The van der Waals surface area contributed by atoms with Crippen LogP contribution in [0.15, 0.2) is 54.6 Å². The third kappa shape index (κ3) is 3.38. The van der Waals surface area contributed by atoms with Crippen molar-refractivity contribution in [1.29, 1.82) is 5.26 Å². The summed E-state index contributed by atoms with van der Waals surface area (Å²) in [5.41, 5.74) is 1.79. The molecule has 1 aliphatic carbocycles. The van der Waals surface area contributed by atoms with Crippen molar-refractivity contribution < 1.29 is 14.3 Å². The summed E-state index contributed by atoms with van der Waals surface area (Å²) < 4.78 is 15.8. The molecule has 0 bridgehead atoms. The predicted molar refractivity (Wildman–Crippen MR) is 112 cm³/mol. The second-order valence-corrected chi connectivity index (χ2v) is 7.47. The van der Waals surface area contributed by atoms with Crippen molar-refractivity contribution in [3.63, 3.8) is 0 Å². The van der Waals surface area contributed by atoms with Gasteiger partial charge in [0.05, 0.1) is 34.7 Å². The van der Waals surface area contributed by atoms with Crippen LogP contribution < -0.4 is 5.32 Å². The van der Waals surface area contributed by atoms with E-state index in [1.54, 1.807) is 22.8 Å². The van der Waals surface area contributed by atoms with Crippen LogP contribution in [0.5, 0.6) is 0 Å². The first-order valence-electron chi connectivity index (χ1n) is 9.39. The number of fused-ring (bicyclic) bond motifs is 1. The first-order valence-corrected chi connectivity index (χ1v) is 9.39. The number of hydrogen-bond donors (Lipinski definition) is 2. The summed E-state index contributed by atoms with van der Waals surface area (Å²) in [6.07, 6.45) is 5.22. The molecule has 6 nitrogen and oxygen atoms in total. The number of nitrogens with one attached hydrogen (secondary N) is 1. The molecule has 0 saturated heterocycles. The van der Waals surface area contributed by atoms with Gasteiger partial charge in [0, 0.05) is 11.3 Å². The number of halogens is 1. The molecule has 3 aromatic rings. The van der Waals surface area contributed by atoms with E-state index in [1.807, 2.05) is 25.2 Å². The number of imidazole rings is 1. The van der Waals surface area contributed by atoms with Gasteiger partial charge in [-0.25, -0.2) is 9.37 Å². The van der Waals surface area contributed by atoms with Gasteiger partial charge in [-0.05, 0) is 49.8 Å². The monoisotopic (exact) mass is 402 g/mol. The molecule has 30 heavy (non-hydrogen) atoms. The van der Waals surface area contributed by atoms with Crippen LogP contribution in [0.4, 0.5) is 10.3 Å². The summed E-state index contributed by atoms with van der Waals surface area (Å²) >= 11 is 0. The summed E-state index contributed by atoms with van der Waals surface area (Å²) in [4.78, 5) is 17.2. The van der Waals surface area contributed by atoms with E-state index in [4.69, 9.17) is 0 Å². The number of carbonyl (C=O) groups is 1. The zero-order valence-electron chi connectivity index (χ0n) is 16.5. The minimum Gasteiger partial charge on any atom is -0.385 e. The van der Waals surface area contributed by atoms with E-state index in [2.05, 4.69) is 16.4 Å². The standard InChI is InChI=1S/C23H19FN4O2/c1-14-10-19-20(11-15(14)13-25)28(16-6-5-7-16)22(26-19)27-21(29)12-23(2,30)17-8-3-4-9-18(17)24/h3-11,30H,12H2,1-2H3,(H,26,27,29)/t23-/m0/s1. The van der Waals surface area contributed by atoms with Crippen LogP contribution in [0.1, 0.15) is 30.0 Å². The lowest BCUT2D eigenvalue weighted by Crippen LogP contribution is -2.30. The van der Waals surface area contributed by atoms with Crippen molar-refractivity contribution in [2.75, 3.05) is 5.32 Å². The zero-order valence-corrected chi connectivity index (χ0v) is 16.5. The number of benzene rings is 2. The summed E-state index contributed by atoms with van der Waals surface area (Å²) in [5.74, 6) is -0.822. The molecule has 0 spiro atoms. The highest BCUT2D eigenvalue weighted by Gasteiger charge is 2.30. The van der Waals surface area contributed by atoms with Gasteiger partial charge in [-0.2, -0.15) is 5.26 Å². The molecule has 1 aromatic heterocycles. The Balaban J connectivity index is 1.67. The molecular formula is C23H19FN4O2. The molecule has 0 aliphatic heterocycles. The zero-order chi connectivity index (χ0) is 21.5. The Labute approximate surface area is 172 Å². The van der Waals surface area contributed by atoms with Crippen LogP contribution in [0, 0.1) is 24.1 Å². The molecule has 0 saturated carbocycles. The maximum atomic E-state index is 14.1. The second-order valence-electron chi connectivity index (χ2n) is 7.47. The molecule has 2 aromatic carbocycles. The highest BCUT2D eigenvalue weighted by atomic mass is 19.1. The van der Waals surface area contributed by atoms with E-state index in [0.717, 1.165) is 11.3 Å².